The summed E-state index contributed by atoms with van der Waals surface area (Å²) < 4.78 is 1.89. The van der Waals surface area contributed by atoms with Crippen molar-refractivity contribution in [3.63, 3.8) is 0 Å². The van der Waals surface area contributed by atoms with Crippen molar-refractivity contribution in [2.75, 3.05) is 6.54 Å². The van der Waals surface area contributed by atoms with E-state index in [9.17, 15) is 9.59 Å². The van der Waals surface area contributed by atoms with E-state index in [1.165, 1.54) is 16.7 Å². The van der Waals surface area contributed by atoms with Crippen LogP contribution in [0.15, 0.2) is 60.0 Å². The summed E-state index contributed by atoms with van der Waals surface area (Å²) in [5, 5.41) is 9.09. The Morgan fingerprint density at radius 2 is 1.90 bits per heavy atom. The topological polar surface area (TPSA) is 68.1 Å². The van der Waals surface area contributed by atoms with Crippen LogP contribution in [0, 0.1) is 6.92 Å². The summed E-state index contributed by atoms with van der Waals surface area (Å²) in [6.45, 7) is 2.44. The van der Waals surface area contributed by atoms with Gasteiger partial charge in [0.05, 0.1) is 10.9 Å². The number of aromatic nitrogens is 3. The average molecular weight is 441 g/mol. The van der Waals surface area contributed by atoms with E-state index in [2.05, 4.69) is 10.2 Å². The maximum atomic E-state index is 13.3. The van der Waals surface area contributed by atoms with Crippen molar-refractivity contribution in [3.05, 3.63) is 71.0 Å². The molecule has 0 bridgehead atoms. The number of benzene rings is 2. The van der Waals surface area contributed by atoms with E-state index in [-0.39, 0.29) is 11.8 Å². The molecule has 2 aromatic carbocycles. The lowest BCUT2D eigenvalue weighted by Gasteiger charge is -2.22. The Morgan fingerprint density at radius 1 is 1.13 bits per heavy atom. The molecular formula is C22H21ClN4O2S. The molecule has 30 heavy (non-hydrogen) atoms. The van der Waals surface area contributed by atoms with Crippen molar-refractivity contribution in [3.8, 4) is 5.69 Å². The molecular weight excluding hydrogens is 420 g/mol. The fourth-order valence-electron chi connectivity index (χ4n) is 3.50. The number of thioether (sulfide) groups is 1. The number of nitrogens with zero attached hydrogens (tertiary/aromatic N) is 4. The Bertz CT molecular complexity index is 1070. The highest BCUT2D eigenvalue weighted by molar-refractivity contribution is 8.00. The highest BCUT2D eigenvalue weighted by atomic mass is 35.5. The minimum Gasteiger partial charge on any atom is -0.278 e. The van der Waals surface area contributed by atoms with E-state index in [0.29, 0.717) is 28.7 Å². The maximum absolute atomic E-state index is 13.3. The van der Waals surface area contributed by atoms with Crippen LogP contribution < -0.4 is 0 Å². The molecule has 3 aromatic rings. The number of para-hydroxylation sites is 1. The molecule has 0 unspecified atom stereocenters. The van der Waals surface area contributed by atoms with E-state index in [4.69, 9.17) is 11.6 Å². The van der Waals surface area contributed by atoms with Gasteiger partial charge < -0.3 is 0 Å². The third-order valence-corrected chi connectivity index (χ3v) is 6.58. The first-order chi connectivity index (χ1) is 14.5. The van der Waals surface area contributed by atoms with Crippen LogP contribution in [0.4, 0.5) is 0 Å². The molecule has 1 atom stereocenters. The van der Waals surface area contributed by atoms with Gasteiger partial charge in [-0.1, -0.05) is 48.0 Å². The van der Waals surface area contributed by atoms with Gasteiger partial charge in [-0.25, -0.2) is 0 Å². The summed E-state index contributed by atoms with van der Waals surface area (Å²) in [4.78, 5) is 27.6. The minimum atomic E-state index is -0.393. The summed E-state index contributed by atoms with van der Waals surface area (Å²) in [6.07, 6.45) is 4.00. The molecule has 1 fully saturated rings. The van der Waals surface area contributed by atoms with Crippen molar-refractivity contribution in [2.45, 2.75) is 36.6 Å². The van der Waals surface area contributed by atoms with E-state index in [1.54, 1.807) is 30.6 Å². The Balaban J connectivity index is 1.57. The second kappa shape index (κ2) is 9.02. The zero-order chi connectivity index (χ0) is 21.1. The predicted molar refractivity (Wildman–Crippen MR) is 117 cm³/mol. The molecule has 154 valence electrons. The van der Waals surface area contributed by atoms with Gasteiger partial charge in [0.15, 0.2) is 5.16 Å². The van der Waals surface area contributed by atoms with Gasteiger partial charge in [0.2, 0.25) is 5.91 Å². The molecule has 1 aliphatic rings. The molecule has 0 N–H and O–H groups in total. The third-order valence-electron chi connectivity index (χ3n) is 5.11. The number of carbonyl (C=O) groups excluding carboxylic acids is 2. The molecule has 1 aromatic heterocycles. The number of amides is 2. The van der Waals surface area contributed by atoms with Gasteiger partial charge in [-0.3, -0.25) is 19.1 Å². The molecule has 4 rings (SSSR count). The number of aryl methyl sites for hydroxylation is 1. The molecule has 2 heterocycles. The first kappa shape index (κ1) is 20.6. The molecule has 8 heteroatoms. The van der Waals surface area contributed by atoms with Gasteiger partial charge in [0, 0.05) is 17.1 Å². The van der Waals surface area contributed by atoms with Crippen LogP contribution in [0.1, 0.15) is 35.2 Å². The normalized spacial score (nSPS) is 17.1. The third kappa shape index (κ3) is 4.27. The summed E-state index contributed by atoms with van der Waals surface area (Å²) in [7, 11) is 0. The van der Waals surface area contributed by atoms with Crippen molar-refractivity contribution in [1.29, 1.82) is 0 Å². The van der Waals surface area contributed by atoms with Gasteiger partial charge >= 0.3 is 0 Å². The highest BCUT2D eigenvalue weighted by Crippen LogP contribution is 2.31. The Hall–Kier alpha value is -2.64. The number of halogens is 1. The fourth-order valence-corrected chi connectivity index (χ4v) is 4.74. The van der Waals surface area contributed by atoms with Crippen LogP contribution in [0.5, 0.6) is 0 Å². The van der Waals surface area contributed by atoms with E-state index in [0.717, 1.165) is 24.1 Å². The molecule has 6 nitrogen and oxygen atoms in total. The van der Waals surface area contributed by atoms with Crippen molar-refractivity contribution < 1.29 is 9.59 Å². The van der Waals surface area contributed by atoms with Gasteiger partial charge in [-0.2, -0.15) is 0 Å². The summed E-state index contributed by atoms with van der Waals surface area (Å²) >= 11 is 7.29. The van der Waals surface area contributed by atoms with Crippen LogP contribution in [-0.2, 0) is 4.79 Å². The predicted octanol–water partition coefficient (Wildman–Crippen LogP) is 4.54. The lowest BCUT2D eigenvalue weighted by Crippen LogP contribution is -2.41. The zero-order valence-electron chi connectivity index (χ0n) is 16.5. The Kier molecular flexibility index (Phi) is 6.20. The SMILES string of the molecule is Cc1ccccc1-n1cnnc1S[C@@H]1CCCCN(C(=O)c2ccc(Cl)cc2)C1=O. The van der Waals surface area contributed by atoms with Crippen LogP contribution in [0.2, 0.25) is 5.02 Å². The Morgan fingerprint density at radius 3 is 2.67 bits per heavy atom. The van der Waals surface area contributed by atoms with Gasteiger partial charge in [0.1, 0.15) is 6.33 Å². The van der Waals surface area contributed by atoms with Gasteiger partial charge in [-0.05, 0) is 55.7 Å². The van der Waals surface area contributed by atoms with E-state index < -0.39 is 5.25 Å². The second-order valence-electron chi connectivity index (χ2n) is 7.17. The van der Waals surface area contributed by atoms with Crippen molar-refractivity contribution in [2.24, 2.45) is 0 Å². The second-order valence-corrected chi connectivity index (χ2v) is 8.78. The summed E-state index contributed by atoms with van der Waals surface area (Å²) in [6, 6.07) is 14.6. The molecule has 0 saturated carbocycles. The van der Waals surface area contributed by atoms with E-state index in [1.807, 2.05) is 35.8 Å². The first-order valence-corrected chi connectivity index (χ1v) is 11.0. The van der Waals surface area contributed by atoms with E-state index >= 15 is 0 Å². The highest BCUT2D eigenvalue weighted by Gasteiger charge is 2.33. The number of rotatable bonds is 4. The molecule has 0 radical (unpaired) electrons. The lowest BCUT2D eigenvalue weighted by molar-refractivity contribution is -0.127. The number of likely N-dealkylation sites (tertiary alicyclic amines) is 1. The van der Waals surface area contributed by atoms with Crippen molar-refractivity contribution in [1.82, 2.24) is 19.7 Å². The molecule has 1 aliphatic heterocycles. The average Bonchev–Trinajstić information content (AvgIpc) is 3.12. The summed E-state index contributed by atoms with van der Waals surface area (Å²) in [5.41, 5.74) is 2.52. The molecule has 2 amide bonds. The molecule has 1 saturated heterocycles. The van der Waals surface area contributed by atoms with Crippen molar-refractivity contribution >= 4 is 35.2 Å². The van der Waals surface area contributed by atoms with Gasteiger partial charge in [0.25, 0.3) is 5.91 Å². The number of imide groups is 1. The van der Waals surface area contributed by atoms with Crippen LogP contribution >= 0.6 is 23.4 Å². The minimum absolute atomic E-state index is 0.184. The number of hydrogen-bond donors (Lipinski definition) is 0. The molecule has 0 spiro atoms. The standard InChI is InChI=1S/C22H21ClN4O2S/c1-15-6-2-3-7-18(15)27-14-24-25-22(27)30-19-8-4-5-13-26(21(19)29)20(28)16-9-11-17(23)12-10-16/h2-3,6-7,9-12,14,19H,4-5,8,13H2,1H3/t19-/m1/s1. The number of carbonyl (C=O) groups is 2. The summed E-state index contributed by atoms with van der Waals surface area (Å²) in [5.74, 6) is -0.471. The van der Waals surface area contributed by atoms with Crippen LogP contribution in [-0.4, -0.2) is 43.3 Å². The number of hydrogen-bond acceptors (Lipinski definition) is 5. The lowest BCUT2D eigenvalue weighted by atomic mass is 10.2. The monoisotopic (exact) mass is 440 g/mol. The smallest absolute Gasteiger partial charge is 0.260 e. The fraction of sp³-hybridized carbons (Fsp3) is 0.273. The van der Waals surface area contributed by atoms with Crippen LogP contribution in [0.25, 0.3) is 5.69 Å². The quantitative estimate of drug-likeness (QED) is 0.557. The maximum Gasteiger partial charge on any atom is 0.260 e. The first-order valence-electron chi connectivity index (χ1n) is 9.78. The van der Waals surface area contributed by atoms with Gasteiger partial charge in [-0.15, -0.1) is 10.2 Å². The van der Waals surface area contributed by atoms with Crippen LogP contribution in [0.3, 0.4) is 0 Å². The Labute approximate surface area is 184 Å². The molecule has 0 aliphatic carbocycles. The zero-order valence-corrected chi connectivity index (χ0v) is 18.1. The largest absolute Gasteiger partial charge is 0.278 e.